The first kappa shape index (κ1) is 25.4. The minimum absolute atomic E-state index is 0.0751. The summed E-state index contributed by atoms with van der Waals surface area (Å²) in [5, 5.41) is 12.2. The van der Waals surface area contributed by atoms with Gasteiger partial charge < -0.3 is 25.6 Å². The Balaban J connectivity index is 1.30. The molecular weight excluding hydrogens is 504 g/mol. The van der Waals surface area contributed by atoms with E-state index in [2.05, 4.69) is 24.8 Å². The maximum Gasteiger partial charge on any atom is 0.220 e. The minimum Gasteiger partial charge on any atom is -0.379 e. The molecule has 40 heavy (non-hydrogen) atoms. The van der Waals surface area contributed by atoms with Crippen molar-refractivity contribution in [3.8, 4) is 22.4 Å². The molecule has 1 unspecified atom stereocenters. The first-order valence-corrected chi connectivity index (χ1v) is 13.2. The molecule has 5 heterocycles. The van der Waals surface area contributed by atoms with E-state index >= 15 is 0 Å². The van der Waals surface area contributed by atoms with E-state index in [1.54, 1.807) is 19.9 Å². The Labute approximate surface area is 231 Å². The molecule has 1 atom stereocenters. The summed E-state index contributed by atoms with van der Waals surface area (Å²) in [5.74, 6) is 1.07. The van der Waals surface area contributed by atoms with E-state index in [9.17, 15) is 9.90 Å². The molecule has 1 aliphatic rings. The maximum atomic E-state index is 11.6. The molecule has 1 amide bonds. The van der Waals surface area contributed by atoms with E-state index < -0.39 is 5.60 Å². The van der Waals surface area contributed by atoms with Crippen molar-refractivity contribution in [1.82, 2.24) is 29.8 Å². The Kier molecular flexibility index (Phi) is 6.39. The fourth-order valence-electron chi connectivity index (χ4n) is 5.13. The highest BCUT2D eigenvalue weighted by Gasteiger charge is 2.29. The van der Waals surface area contributed by atoms with Crippen LogP contribution in [0.4, 0.5) is 11.8 Å². The van der Waals surface area contributed by atoms with Crippen LogP contribution in [0.5, 0.6) is 0 Å². The molecule has 0 bridgehead atoms. The van der Waals surface area contributed by atoms with Gasteiger partial charge in [0.05, 0.1) is 11.4 Å². The van der Waals surface area contributed by atoms with Gasteiger partial charge in [-0.1, -0.05) is 30.3 Å². The predicted molar refractivity (Wildman–Crippen MR) is 154 cm³/mol. The number of rotatable bonds is 5. The molecule has 10 heteroatoms. The van der Waals surface area contributed by atoms with E-state index in [0.717, 1.165) is 41.0 Å². The van der Waals surface area contributed by atoms with E-state index in [-0.39, 0.29) is 11.9 Å². The van der Waals surface area contributed by atoms with E-state index in [4.69, 9.17) is 10.7 Å². The number of carbonyl (C=O) groups excluding carboxylic acids is 1. The van der Waals surface area contributed by atoms with E-state index in [1.807, 2.05) is 72.0 Å². The Bertz CT molecular complexity index is 1670. The average molecular weight is 535 g/mol. The van der Waals surface area contributed by atoms with Crippen molar-refractivity contribution in [3.63, 3.8) is 0 Å². The Morgan fingerprint density at radius 3 is 2.42 bits per heavy atom. The van der Waals surface area contributed by atoms with Gasteiger partial charge in [0.25, 0.3) is 0 Å². The van der Waals surface area contributed by atoms with Crippen LogP contribution in [0.15, 0.2) is 73.2 Å². The van der Waals surface area contributed by atoms with Gasteiger partial charge in [0, 0.05) is 73.8 Å². The van der Waals surface area contributed by atoms with Crippen molar-refractivity contribution in [3.05, 3.63) is 84.4 Å². The van der Waals surface area contributed by atoms with Crippen molar-refractivity contribution in [2.45, 2.75) is 19.4 Å². The molecule has 1 fully saturated rings. The van der Waals surface area contributed by atoms with Gasteiger partial charge in [-0.15, -0.1) is 0 Å². The predicted octanol–water partition coefficient (Wildman–Crippen LogP) is 3.59. The Hall–Kier alpha value is -4.83. The molecule has 0 aliphatic carbocycles. The largest absolute Gasteiger partial charge is 0.379 e. The number of aliphatic hydroxyl groups is 1. The normalized spacial score (nSPS) is 15.3. The van der Waals surface area contributed by atoms with E-state index in [1.165, 1.54) is 0 Å². The minimum atomic E-state index is -1.35. The van der Waals surface area contributed by atoms with Gasteiger partial charge in [-0.3, -0.25) is 4.79 Å². The zero-order valence-corrected chi connectivity index (χ0v) is 22.4. The monoisotopic (exact) mass is 534 g/mol. The number of aromatic nitrogens is 5. The van der Waals surface area contributed by atoms with Crippen LogP contribution in [0, 0.1) is 0 Å². The van der Waals surface area contributed by atoms with Crippen molar-refractivity contribution >= 4 is 28.7 Å². The van der Waals surface area contributed by atoms with Crippen LogP contribution in [-0.4, -0.2) is 67.0 Å². The number of aromatic amines is 1. The molecule has 4 aromatic heterocycles. The molecule has 1 aliphatic heterocycles. The number of amides is 1. The summed E-state index contributed by atoms with van der Waals surface area (Å²) >= 11 is 0. The summed E-state index contributed by atoms with van der Waals surface area (Å²) in [5.41, 5.74) is 9.81. The van der Waals surface area contributed by atoms with Crippen molar-refractivity contribution in [2.75, 3.05) is 36.8 Å². The van der Waals surface area contributed by atoms with Gasteiger partial charge in [-0.05, 0) is 36.8 Å². The van der Waals surface area contributed by atoms with Crippen LogP contribution in [-0.2, 0) is 10.4 Å². The highest BCUT2D eigenvalue weighted by Crippen LogP contribution is 2.34. The molecule has 5 aromatic rings. The van der Waals surface area contributed by atoms with Gasteiger partial charge in [-0.2, -0.15) is 0 Å². The van der Waals surface area contributed by atoms with Gasteiger partial charge in [0.2, 0.25) is 11.9 Å². The number of anilines is 2. The fourth-order valence-corrected chi connectivity index (χ4v) is 5.13. The molecule has 4 N–H and O–H groups in total. The zero-order valence-electron chi connectivity index (χ0n) is 22.4. The molecule has 1 aromatic carbocycles. The van der Waals surface area contributed by atoms with Gasteiger partial charge in [0.1, 0.15) is 17.1 Å². The second-order valence-electron chi connectivity index (χ2n) is 10.2. The Morgan fingerprint density at radius 2 is 1.73 bits per heavy atom. The lowest BCUT2D eigenvalue weighted by atomic mass is 9.91. The lowest BCUT2D eigenvalue weighted by Gasteiger charge is -2.34. The molecule has 10 nitrogen and oxygen atoms in total. The van der Waals surface area contributed by atoms with Crippen LogP contribution in [0.2, 0.25) is 0 Å². The van der Waals surface area contributed by atoms with Gasteiger partial charge >= 0.3 is 0 Å². The van der Waals surface area contributed by atoms with Crippen LogP contribution in [0.3, 0.4) is 0 Å². The first-order chi connectivity index (χ1) is 19.3. The number of H-pyrrole nitrogens is 1. The third-order valence-electron chi connectivity index (χ3n) is 7.52. The third kappa shape index (κ3) is 4.73. The van der Waals surface area contributed by atoms with Gasteiger partial charge in [-0.25, -0.2) is 19.9 Å². The number of nitrogens with zero attached hydrogens (tertiary/aromatic N) is 6. The highest BCUT2D eigenvalue weighted by atomic mass is 16.3. The number of piperazine rings is 1. The second-order valence-corrected chi connectivity index (χ2v) is 10.2. The van der Waals surface area contributed by atoms with Crippen molar-refractivity contribution in [1.29, 1.82) is 0 Å². The number of carbonyl (C=O) groups is 1. The molecule has 0 radical (unpaired) electrons. The van der Waals surface area contributed by atoms with Crippen LogP contribution in [0.25, 0.3) is 33.4 Å². The standard InChI is InChI=1S/C30H30N8O2/c1-19(39)37-10-12-38(13-11-37)27-9-8-20(16-32-27)21-14-23-24(18-34-28(23)33-17-21)25-15-26(36-29(31)35-25)30(2,40)22-6-4-3-5-7-22/h3-9,14-18,40H,10-13H2,1-2H3,(H,33,34)(H2,31,35,36). The lowest BCUT2D eigenvalue weighted by Crippen LogP contribution is -2.48. The molecule has 0 saturated carbocycles. The number of hydrogen-bond donors (Lipinski definition) is 3. The number of nitrogens with one attached hydrogen (secondary N) is 1. The zero-order chi connectivity index (χ0) is 27.9. The summed E-state index contributed by atoms with van der Waals surface area (Å²) in [7, 11) is 0. The smallest absolute Gasteiger partial charge is 0.220 e. The number of hydrogen-bond acceptors (Lipinski definition) is 8. The van der Waals surface area contributed by atoms with Crippen LogP contribution >= 0.6 is 0 Å². The summed E-state index contributed by atoms with van der Waals surface area (Å²) in [6.07, 6.45) is 5.50. The number of fused-ring (bicyclic) bond motifs is 1. The summed E-state index contributed by atoms with van der Waals surface area (Å²) in [6, 6.07) is 17.2. The summed E-state index contributed by atoms with van der Waals surface area (Å²) in [4.78, 5) is 37.1. The molecular formula is C30H30N8O2. The molecule has 202 valence electrons. The topological polar surface area (TPSA) is 137 Å². The van der Waals surface area contributed by atoms with E-state index in [0.29, 0.717) is 35.7 Å². The van der Waals surface area contributed by atoms with Crippen molar-refractivity contribution < 1.29 is 9.90 Å². The number of nitrogen functional groups attached to an aromatic ring is 1. The van der Waals surface area contributed by atoms with Gasteiger partial charge in [0.15, 0.2) is 0 Å². The quantitative estimate of drug-likeness (QED) is 0.311. The highest BCUT2D eigenvalue weighted by molar-refractivity contribution is 5.95. The number of nitrogens with two attached hydrogens (primary N) is 1. The SMILES string of the molecule is CC(=O)N1CCN(c2ccc(-c3cnc4[nH]cc(-c5cc(C(C)(O)c6ccccc6)nc(N)n5)c4c3)cn2)CC1. The number of benzene rings is 1. The van der Waals surface area contributed by atoms with Crippen LogP contribution < -0.4 is 10.6 Å². The average Bonchev–Trinajstić information content (AvgIpc) is 3.41. The van der Waals surface area contributed by atoms with Crippen LogP contribution in [0.1, 0.15) is 25.1 Å². The lowest BCUT2D eigenvalue weighted by molar-refractivity contribution is -0.129. The molecule has 1 saturated heterocycles. The van der Waals surface area contributed by atoms with Crippen molar-refractivity contribution in [2.24, 2.45) is 0 Å². The first-order valence-electron chi connectivity index (χ1n) is 13.2. The second kappa shape index (κ2) is 10.0. The Morgan fingerprint density at radius 1 is 0.975 bits per heavy atom. The third-order valence-corrected chi connectivity index (χ3v) is 7.52. The fraction of sp³-hybridized carbons (Fsp3) is 0.233. The molecule has 0 spiro atoms. The summed E-state index contributed by atoms with van der Waals surface area (Å²) in [6.45, 7) is 6.22. The molecule has 6 rings (SSSR count). The maximum absolute atomic E-state index is 11.6. The summed E-state index contributed by atoms with van der Waals surface area (Å²) < 4.78 is 0. The number of pyridine rings is 2.